The summed E-state index contributed by atoms with van der Waals surface area (Å²) in [6.07, 6.45) is -1.91. The summed E-state index contributed by atoms with van der Waals surface area (Å²) in [4.78, 5) is 28.1. The van der Waals surface area contributed by atoms with Gasteiger partial charge in [0.2, 0.25) is 5.88 Å². The molecule has 1 aliphatic rings. The first kappa shape index (κ1) is 19.3. The third-order valence-electron chi connectivity index (χ3n) is 4.33. The molecule has 0 spiro atoms. The Morgan fingerprint density at radius 3 is 2.90 bits per heavy atom. The second-order valence-corrected chi connectivity index (χ2v) is 6.38. The maximum atomic E-state index is 13.4. The SMILES string of the molecule is Cn1nnc(-c2ccc3c(n2)OCC(=O)N3)c1NC(=O)O[C@H](CF)c1ccccc1. The molecule has 0 fully saturated rings. The number of ether oxygens (including phenoxy) is 2. The van der Waals surface area contributed by atoms with Crippen LogP contribution in [0.25, 0.3) is 11.4 Å². The van der Waals surface area contributed by atoms with Gasteiger partial charge in [0, 0.05) is 7.05 Å². The molecule has 1 atom stereocenters. The highest BCUT2D eigenvalue weighted by Gasteiger charge is 2.23. The number of carbonyl (C=O) groups excluding carboxylic acids is 2. The second kappa shape index (κ2) is 8.15. The Bertz CT molecular complexity index is 1090. The van der Waals surface area contributed by atoms with Gasteiger partial charge in [-0.15, -0.1) is 5.10 Å². The highest BCUT2D eigenvalue weighted by Crippen LogP contribution is 2.31. The number of fused-ring (bicyclic) bond motifs is 1. The number of aromatic nitrogens is 4. The van der Waals surface area contributed by atoms with E-state index in [0.717, 1.165) is 0 Å². The van der Waals surface area contributed by atoms with E-state index in [0.29, 0.717) is 16.9 Å². The van der Waals surface area contributed by atoms with Crippen LogP contribution in [0.2, 0.25) is 0 Å². The van der Waals surface area contributed by atoms with E-state index < -0.39 is 18.9 Å². The molecule has 1 aromatic carbocycles. The topological polar surface area (TPSA) is 120 Å². The molecule has 2 amide bonds. The Labute approximate surface area is 170 Å². The summed E-state index contributed by atoms with van der Waals surface area (Å²) in [6, 6.07) is 11.8. The molecule has 3 aromatic rings. The van der Waals surface area contributed by atoms with Gasteiger partial charge in [-0.3, -0.25) is 10.1 Å². The molecular weight excluding hydrogens is 395 g/mol. The maximum Gasteiger partial charge on any atom is 0.413 e. The number of benzene rings is 1. The first-order valence-corrected chi connectivity index (χ1v) is 8.97. The summed E-state index contributed by atoms with van der Waals surface area (Å²) < 4.78 is 25.3. The summed E-state index contributed by atoms with van der Waals surface area (Å²) in [5.74, 6) is 0.160. The summed E-state index contributed by atoms with van der Waals surface area (Å²) in [7, 11) is 1.57. The van der Waals surface area contributed by atoms with Crippen LogP contribution in [0.4, 0.5) is 20.7 Å². The van der Waals surface area contributed by atoms with Gasteiger partial charge in [-0.2, -0.15) is 0 Å². The van der Waals surface area contributed by atoms with Crippen LogP contribution in [0.3, 0.4) is 0 Å². The normalized spacial score (nSPS) is 13.6. The molecule has 0 saturated heterocycles. The lowest BCUT2D eigenvalue weighted by Gasteiger charge is -2.17. The van der Waals surface area contributed by atoms with Crippen molar-refractivity contribution in [2.24, 2.45) is 7.05 Å². The molecule has 4 rings (SSSR count). The zero-order valence-corrected chi connectivity index (χ0v) is 15.8. The standard InChI is InChI=1S/C19H17FN6O4/c1-26-17(23-19(28)30-14(9-20)11-5-3-2-4-6-11)16(24-25-26)12-7-8-13-18(22-12)29-10-15(27)21-13/h2-8,14H,9-10H2,1H3,(H,21,27)(H,23,28)/t14-/m1/s1. The molecular formula is C19H17FN6O4. The number of hydrogen-bond donors (Lipinski definition) is 2. The lowest BCUT2D eigenvalue weighted by atomic mass is 10.1. The van der Waals surface area contributed by atoms with Gasteiger partial charge in [0.25, 0.3) is 5.91 Å². The van der Waals surface area contributed by atoms with Gasteiger partial charge >= 0.3 is 6.09 Å². The van der Waals surface area contributed by atoms with Gasteiger partial charge in [-0.1, -0.05) is 35.5 Å². The van der Waals surface area contributed by atoms with E-state index >= 15 is 0 Å². The first-order valence-electron chi connectivity index (χ1n) is 8.97. The number of nitrogens with one attached hydrogen (secondary N) is 2. The molecule has 2 N–H and O–H groups in total. The van der Waals surface area contributed by atoms with Crippen molar-refractivity contribution in [3.8, 4) is 17.3 Å². The Morgan fingerprint density at radius 2 is 2.13 bits per heavy atom. The minimum Gasteiger partial charge on any atom is -0.466 e. The quantitative estimate of drug-likeness (QED) is 0.660. The molecule has 0 bridgehead atoms. The van der Waals surface area contributed by atoms with E-state index in [1.54, 1.807) is 49.5 Å². The number of amides is 2. The lowest BCUT2D eigenvalue weighted by Crippen LogP contribution is -2.26. The van der Waals surface area contributed by atoms with Crippen molar-refractivity contribution in [2.75, 3.05) is 23.9 Å². The van der Waals surface area contributed by atoms with E-state index in [-0.39, 0.29) is 29.9 Å². The van der Waals surface area contributed by atoms with Crippen LogP contribution in [0.5, 0.6) is 5.88 Å². The smallest absolute Gasteiger partial charge is 0.413 e. The summed E-state index contributed by atoms with van der Waals surface area (Å²) >= 11 is 0. The highest BCUT2D eigenvalue weighted by molar-refractivity contribution is 5.95. The van der Waals surface area contributed by atoms with Crippen LogP contribution in [0.15, 0.2) is 42.5 Å². The maximum absolute atomic E-state index is 13.4. The molecule has 10 nitrogen and oxygen atoms in total. The molecule has 2 aromatic heterocycles. The lowest BCUT2D eigenvalue weighted by molar-refractivity contribution is -0.118. The van der Waals surface area contributed by atoms with Crippen molar-refractivity contribution in [3.05, 3.63) is 48.0 Å². The van der Waals surface area contributed by atoms with Crippen LogP contribution in [-0.4, -0.2) is 45.3 Å². The molecule has 154 valence electrons. The molecule has 0 aliphatic carbocycles. The number of alkyl halides is 1. The minimum absolute atomic E-state index is 0.147. The number of carbonyl (C=O) groups is 2. The predicted molar refractivity (Wildman–Crippen MR) is 104 cm³/mol. The van der Waals surface area contributed by atoms with Gasteiger partial charge in [0.05, 0.1) is 5.69 Å². The van der Waals surface area contributed by atoms with Crippen LogP contribution in [-0.2, 0) is 16.6 Å². The fraction of sp³-hybridized carbons (Fsp3) is 0.211. The van der Waals surface area contributed by atoms with Crippen LogP contribution >= 0.6 is 0 Å². The first-order chi connectivity index (χ1) is 14.5. The average molecular weight is 412 g/mol. The van der Waals surface area contributed by atoms with Gasteiger partial charge in [0.15, 0.2) is 24.2 Å². The van der Waals surface area contributed by atoms with Crippen LogP contribution in [0.1, 0.15) is 11.7 Å². The number of rotatable bonds is 5. The molecule has 11 heteroatoms. The summed E-state index contributed by atoms with van der Waals surface area (Å²) in [5, 5.41) is 13.1. The third kappa shape index (κ3) is 3.90. The summed E-state index contributed by atoms with van der Waals surface area (Å²) in [5.41, 5.74) is 1.59. The van der Waals surface area contributed by atoms with Gasteiger partial charge in [0.1, 0.15) is 12.4 Å². The van der Waals surface area contributed by atoms with Gasteiger partial charge < -0.3 is 14.8 Å². The molecule has 1 aliphatic heterocycles. The highest BCUT2D eigenvalue weighted by atomic mass is 19.1. The average Bonchev–Trinajstić information content (AvgIpc) is 3.12. The van der Waals surface area contributed by atoms with E-state index in [2.05, 4.69) is 25.9 Å². The Hall–Kier alpha value is -4.02. The number of anilines is 2. The summed E-state index contributed by atoms with van der Waals surface area (Å²) in [6.45, 7) is -1.02. The van der Waals surface area contributed by atoms with Crippen molar-refractivity contribution in [2.45, 2.75) is 6.10 Å². The van der Waals surface area contributed by atoms with Gasteiger partial charge in [-0.05, 0) is 17.7 Å². The van der Waals surface area contributed by atoms with E-state index in [1.807, 2.05) is 0 Å². The van der Waals surface area contributed by atoms with Crippen molar-refractivity contribution in [1.82, 2.24) is 20.0 Å². The number of halogens is 1. The van der Waals surface area contributed by atoms with E-state index in [1.165, 1.54) is 4.68 Å². The monoisotopic (exact) mass is 412 g/mol. The molecule has 0 saturated carbocycles. The van der Waals surface area contributed by atoms with E-state index in [4.69, 9.17) is 9.47 Å². The Balaban J connectivity index is 1.54. The molecule has 0 radical (unpaired) electrons. The number of aryl methyl sites for hydroxylation is 1. The fourth-order valence-corrected chi connectivity index (χ4v) is 2.88. The largest absolute Gasteiger partial charge is 0.466 e. The zero-order valence-electron chi connectivity index (χ0n) is 15.8. The Kier molecular flexibility index (Phi) is 5.24. The predicted octanol–water partition coefficient (Wildman–Crippen LogP) is 2.47. The van der Waals surface area contributed by atoms with Crippen molar-refractivity contribution < 1.29 is 23.5 Å². The van der Waals surface area contributed by atoms with Crippen molar-refractivity contribution >= 4 is 23.5 Å². The fourth-order valence-electron chi connectivity index (χ4n) is 2.88. The zero-order chi connectivity index (χ0) is 21.1. The van der Waals surface area contributed by atoms with Crippen molar-refractivity contribution in [1.29, 1.82) is 0 Å². The third-order valence-corrected chi connectivity index (χ3v) is 4.33. The van der Waals surface area contributed by atoms with Gasteiger partial charge in [-0.25, -0.2) is 18.9 Å². The minimum atomic E-state index is -1.05. The molecule has 0 unspecified atom stereocenters. The van der Waals surface area contributed by atoms with E-state index in [9.17, 15) is 14.0 Å². The van der Waals surface area contributed by atoms with Crippen molar-refractivity contribution in [3.63, 3.8) is 0 Å². The van der Waals surface area contributed by atoms with Crippen LogP contribution in [0, 0.1) is 0 Å². The number of pyridine rings is 1. The molecule has 30 heavy (non-hydrogen) atoms. The molecule has 3 heterocycles. The Morgan fingerprint density at radius 1 is 1.33 bits per heavy atom. The number of nitrogens with zero attached hydrogens (tertiary/aromatic N) is 4. The van der Waals surface area contributed by atoms with Crippen LogP contribution < -0.4 is 15.4 Å². The number of hydrogen-bond acceptors (Lipinski definition) is 7. The second-order valence-electron chi connectivity index (χ2n) is 6.38.